The molecule has 1 aromatic rings. The smallest absolute Gasteiger partial charge is 0.258 e. The zero-order valence-corrected chi connectivity index (χ0v) is 7.00. The molecule has 14 heavy (non-hydrogen) atoms. The lowest BCUT2D eigenvalue weighted by Gasteiger charge is -2.03. The highest BCUT2D eigenvalue weighted by Gasteiger charge is 2.27. The maximum Gasteiger partial charge on any atom is 0.284 e. The third-order valence-electron chi connectivity index (χ3n) is 1.53. The van der Waals surface area contributed by atoms with E-state index in [1.807, 2.05) is 0 Å². The largest absolute Gasteiger partial charge is 0.284 e. The van der Waals surface area contributed by atoms with E-state index in [2.05, 4.69) is 4.98 Å². The Bertz CT molecular complexity index is 381. The van der Waals surface area contributed by atoms with Gasteiger partial charge in [0.05, 0.1) is 4.92 Å². The summed E-state index contributed by atoms with van der Waals surface area (Å²) < 4.78 is 37.2. The molecule has 0 radical (unpaired) electrons. The van der Waals surface area contributed by atoms with Crippen LogP contribution in [-0.4, -0.2) is 9.91 Å². The summed E-state index contributed by atoms with van der Waals surface area (Å²) in [5, 5.41) is 10.3. The van der Waals surface area contributed by atoms with E-state index in [-0.39, 0.29) is 5.69 Å². The van der Waals surface area contributed by atoms with Crippen molar-refractivity contribution in [1.29, 1.82) is 0 Å². The molecule has 0 fully saturated rings. The van der Waals surface area contributed by atoms with E-state index < -0.39 is 28.5 Å². The fraction of sp³-hybridized carbons (Fsp3) is 0.286. The molecule has 1 aromatic heterocycles. The first-order valence-electron chi connectivity index (χ1n) is 3.53. The van der Waals surface area contributed by atoms with Gasteiger partial charge in [-0.2, -0.15) is 4.39 Å². The average molecular weight is 206 g/mol. The van der Waals surface area contributed by atoms with Crippen LogP contribution >= 0.6 is 0 Å². The van der Waals surface area contributed by atoms with E-state index in [1.165, 1.54) is 6.92 Å². The van der Waals surface area contributed by atoms with Gasteiger partial charge in [0.1, 0.15) is 0 Å². The molecule has 0 aliphatic carbocycles. The fourth-order valence-electron chi connectivity index (χ4n) is 0.982. The molecular formula is C7H5F3N2O2. The summed E-state index contributed by atoms with van der Waals surface area (Å²) in [5.74, 6) is -1.49. The SMILES string of the molecule is Cc1cc([N+](=O)[O-])c(C(F)F)c(F)n1. The lowest BCUT2D eigenvalue weighted by atomic mass is 10.2. The minimum atomic E-state index is -3.25. The van der Waals surface area contributed by atoms with Gasteiger partial charge in [-0.1, -0.05) is 0 Å². The van der Waals surface area contributed by atoms with Gasteiger partial charge in [-0.3, -0.25) is 10.1 Å². The van der Waals surface area contributed by atoms with Gasteiger partial charge in [0.2, 0.25) is 5.95 Å². The van der Waals surface area contributed by atoms with Crippen molar-refractivity contribution < 1.29 is 18.1 Å². The molecule has 0 N–H and O–H groups in total. The van der Waals surface area contributed by atoms with Crippen LogP contribution < -0.4 is 0 Å². The molecule has 0 unspecified atom stereocenters. The zero-order valence-electron chi connectivity index (χ0n) is 7.00. The summed E-state index contributed by atoms with van der Waals surface area (Å²) in [6, 6.07) is 0.810. The number of hydrogen-bond acceptors (Lipinski definition) is 3. The molecule has 1 heterocycles. The molecule has 0 spiro atoms. The minimum Gasteiger partial charge on any atom is -0.258 e. The van der Waals surface area contributed by atoms with E-state index in [0.29, 0.717) is 0 Å². The second-order valence-electron chi connectivity index (χ2n) is 2.55. The molecule has 7 heteroatoms. The summed E-state index contributed by atoms with van der Waals surface area (Å²) in [6.45, 7) is 1.28. The predicted molar refractivity (Wildman–Crippen MR) is 40.5 cm³/mol. The van der Waals surface area contributed by atoms with Crippen molar-refractivity contribution in [3.63, 3.8) is 0 Å². The molecule has 0 atom stereocenters. The Morgan fingerprint density at radius 1 is 1.57 bits per heavy atom. The molecule has 1 rings (SSSR count). The minimum absolute atomic E-state index is 0.0152. The highest BCUT2D eigenvalue weighted by atomic mass is 19.3. The fourth-order valence-corrected chi connectivity index (χ4v) is 0.982. The first-order valence-corrected chi connectivity index (χ1v) is 3.53. The third kappa shape index (κ3) is 1.81. The topological polar surface area (TPSA) is 56.0 Å². The Balaban J connectivity index is 3.44. The van der Waals surface area contributed by atoms with Crippen LogP contribution in [0.5, 0.6) is 0 Å². The number of aromatic nitrogens is 1. The van der Waals surface area contributed by atoms with Crippen LogP contribution in [0.15, 0.2) is 6.07 Å². The molecule has 76 valence electrons. The lowest BCUT2D eigenvalue weighted by Crippen LogP contribution is -2.03. The maximum atomic E-state index is 12.8. The summed E-state index contributed by atoms with van der Waals surface area (Å²) in [7, 11) is 0. The number of nitrogens with zero attached hydrogens (tertiary/aromatic N) is 2. The normalized spacial score (nSPS) is 10.6. The van der Waals surface area contributed by atoms with Gasteiger partial charge in [-0.25, -0.2) is 13.8 Å². The van der Waals surface area contributed by atoms with Crippen LogP contribution in [0.25, 0.3) is 0 Å². The number of halogens is 3. The Hall–Kier alpha value is -1.66. The van der Waals surface area contributed by atoms with Crippen molar-refractivity contribution in [2.75, 3.05) is 0 Å². The van der Waals surface area contributed by atoms with Gasteiger partial charge in [0, 0.05) is 11.8 Å². The second kappa shape index (κ2) is 3.60. The number of hydrogen-bond donors (Lipinski definition) is 0. The van der Waals surface area contributed by atoms with Crippen LogP contribution in [0.2, 0.25) is 0 Å². The monoisotopic (exact) mass is 206 g/mol. The molecule has 0 aromatic carbocycles. The summed E-state index contributed by atoms with van der Waals surface area (Å²) in [4.78, 5) is 12.3. The Kier molecular flexibility index (Phi) is 2.68. The van der Waals surface area contributed by atoms with Gasteiger partial charge >= 0.3 is 0 Å². The quantitative estimate of drug-likeness (QED) is 0.424. The second-order valence-corrected chi connectivity index (χ2v) is 2.55. The van der Waals surface area contributed by atoms with Crippen molar-refractivity contribution in [1.82, 2.24) is 4.98 Å². The Labute approximate surface area is 76.5 Å². The lowest BCUT2D eigenvalue weighted by molar-refractivity contribution is -0.386. The summed E-state index contributed by atoms with van der Waals surface area (Å²) in [5.41, 5.74) is -2.22. The number of rotatable bonds is 2. The van der Waals surface area contributed by atoms with E-state index in [1.54, 1.807) is 0 Å². The highest BCUT2D eigenvalue weighted by molar-refractivity contribution is 5.41. The highest BCUT2D eigenvalue weighted by Crippen LogP contribution is 2.30. The van der Waals surface area contributed by atoms with E-state index >= 15 is 0 Å². The van der Waals surface area contributed by atoms with E-state index in [4.69, 9.17) is 0 Å². The molecule has 0 aliphatic rings. The van der Waals surface area contributed by atoms with Crippen molar-refractivity contribution in [2.45, 2.75) is 13.3 Å². The molecule has 0 amide bonds. The van der Waals surface area contributed by atoms with Crippen LogP contribution in [0.1, 0.15) is 17.7 Å². The van der Waals surface area contributed by atoms with Crippen molar-refractivity contribution in [3.8, 4) is 0 Å². The van der Waals surface area contributed by atoms with Gasteiger partial charge in [0.25, 0.3) is 12.1 Å². The van der Waals surface area contributed by atoms with Gasteiger partial charge < -0.3 is 0 Å². The van der Waals surface area contributed by atoms with Crippen molar-refractivity contribution in [3.05, 3.63) is 33.4 Å². The predicted octanol–water partition coefficient (Wildman–Crippen LogP) is 2.37. The first kappa shape index (κ1) is 10.4. The summed E-state index contributed by atoms with van der Waals surface area (Å²) >= 11 is 0. The van der Waals surface area contributed by atoms with Crippen molar-refractivity contribution >= 4 is 5.69 Å². The molecular weight excluding hydrogens is 201 g/mol. The van der Waals surface area contributed by atoms with Crippen LogP contribution in [0, 0.1) is 23.0 Å². The first-order chi connectivity index (χ1) is 6.43. The molecule has 4 nitrogen and oxygen atoms in total. The Morgan fingerprint density at radius 2 is 2.14 bits per heavy atom. The van der Waals surface area contributed by atoms with Gasteiger partial charge in [-0.05, 0) is 6.92 Å². The third-order valence-corrected chi connectivity index (χ3v) is 1.53. The van der Waals surface area contributed by atoms with Crippen LogP contribution in [0.4, 0.5) is 18.9 Å². The standard InChI is InChI=1S/C7H5F3N2O2/c1-3-2-4(12(13)14)5(6(8)9)7(10)11-3/h2,6H,1H3. The number of alkyl halides is 2. The maximum absolute atomic E-state index is 12.8. The number of pyridine rings is 1. The number of nitro groups is 1. The summed E-state index contributed by atoms with van der Waals surface area (Å²) in [6.07, 6.45) is -3.25. The van der Waals surface area contributed by atoms with Crippen LogP contribution in [-0.2, 0) is 0 Å². The van der Waals surface area contributed by atoms with Crippen molar-refractivity contribution in [2.24, 2.45) is 0 Å². The van der Waals surface area contributed by atoms with Gasteiger partial charge in [0.15, 0.2) is 5.56 Å². The van der Waals surface area contributed by atoms with Crippen LogP contribution in [0.3, 0.4) is 0 Å². The number of aryl methyl sites for hydroxylation is 1. The van der Waals surface area contributed by atoms with Gasteiger partial charge in [-0.15, -0.1) is 0 Å². The van der Waals surface area contributed by atoms with E-state index in [0.717, 1.165) is 6.07 Å². The molecule has 0 aliphatic heterocycles. The average Bonchev–Trinajstić information content (AvgIpc) is 2.01. The molecule has 0 bridgehead atoms. The Morgan fingerprint density at radius 3 is 2.57 bits per heavy atom. The van der Waals surface area contributed by atoms with E-state index in [9.17, 15) is 23.3 Å². The zero-order chi connectivity index (χ0) is 10.9. The molecule has 0 saturated carbocycles. The molecule has 0 saturated heterocycles.